The van der Waals surface area contributed by atoms with Gasteiger partial charge in [0, 0.05) is 24.0 Å². The highest BCUT2D eigenvalue weighted by molar-refractivity contribution is 6.32. The van der Waals surface area contributed by atoms with Crippen LogP contribution in [0.3, 0.4) is 0 Å². The second-order valence-electron chi connectivity index (χ2n) is 6.04. The van der Waals surface area contributed by atoms with Gasteiger partial charge in [0.2, 0.25) is 0 Å². The van der Waals surface area contributed by atoms with E-state index in [0.717, 1.165) is 24.2 Å². The SMILES string of the molecule is O=C(N[C@H]1CCOc2ccccc21)c1cc(Cl)c2c(c1)OCCCO2. The van der Waals surface area contributed by atoms with Crippen LogP contribution in [-0.2, 0) is 0 Å². The molecular weight excluding hydrogens is 342 g/mol. The molecule has 2 heterocycles. The number of rotatable bonds is 2. The third-order valence-corrected chi connectivity index (χ3v) is 4.61. The van der Waals surface area contributed by atoms with Crippen molar-refractivity contribution in [3.63, 3.8) is 0 Å². The number of benzene rings is 2. The van der Waals surface area contributed by atoms with E-state index in [4.69, 9.17) is 25.8 Å². The molecule has 1 amide bonds. The van der Waals surface area contributed by atoms with Gasteiger partial charge in [-0.2, -0.15) is 0 Å². The number of carbonyl (C=O) groups excluding carboxylic acids is 1. The van der Waals surface area contributed by atoms with E-state index in [0.29, 0.717) is 41.9 Å². The van der Waals surface area contributed by atoms with Crippen LogP contribution in [0, 0.1) is 0 Å². The summed E-state index contributed by atoms with van der Waals surface area (Å²) in [5, 5.41) is 3.45. The molecule has 0 radical (unpaired) electrons. The molecule has 25 heavy (non-hydrogen) atoms. The van der Waals surface area contributed by atoms with Crippen molar-refractivity contribution in [2.75, 3.05) is 19.8 Å². The number of hydrogen-bond acceptors (Lipinski definition) is 4. The van der Waals surface area contributed by atoms with Gasteiger partial charge in [0.05, 0.1) is 30.9 Å². The summed E-state index contributed by atoms with van der Waals surface area (Å²) >= 11 is 6.28. The minimum Gasteiger partial charge on any atom is -0.493 e. The van der Waals surface area contributed by atoms with Crippen molar-refractivity contribution in [3.8, 4) is 17.2 Å². The minimum atomic E-state index is -0.195. The van der Waals surface area contributed by atoms with Crippen molar-refractivity contribution in [1.29, 1.82) is 0 Å². The van der Waals surface area contributed by atoms with Gasteiger partial charge in [0.15, 0.2) is 11.5 Å². The lowest BCUT2D eigenvalue weighted by Crippen LogP contribution is -2.32. The fraction of sp³-hybridized carbons (Fsp3) is 0.316. The molecule has 6 heteroatoms. The van der Waals surface area contributed by atoms with Crippen LogP contribution in [0.5, 0.6) is 17.2 Å². The lowest BCUT2D eigenvalue weighted by molar-refractivity contribution is 0.0924. The Morgan fingerprint density at radius 3 is 2.76 bits per heavy atom. The zero-order chi connectivity index (χ0) is 17.2. The standard InChI is InChI=1S/C19H18ClNO4/c20-14-10-12(11-17-18(14)25-8-3-7-23-17)19(22)21-15-6-9-24-16-5-2-1-4-13(15)16/h1-2,4-5,10-11,15H,3,6-9H2,(H,21,22)/t15-/m0/s1. The van der Waals surface area contributed by atoms with Crippen LogP contribution in [0.4, 0.5) is 0 Å². The first kappa shape index (κ1) is 16.1. The van der Waals surface area contributed by atoms with Gasteiger partial charge in [-0.1, -0.05) is 29.8 Å². The van der Waals surface area contributed by atoms with Gasteiger partial charge < -0.3 is 19.5 Å². The zero-order valence-corrected chi connectivity index (χ0v) is 14.3. The van der Waals surface area contributed by atoms with E-state index in [-0.39, 0.29) is 11.9 Å². The first-order valence-corrected chi connectivity index (χ1v) is 8.72. The lowest BCUT2D eigenvalue weighted by atomic mass is 10.00. The zero-order valence-electron chi connectivity index (χ0n) is 13.6. The maximum Gasteiger partial charge on any atom is 0.251 e. The number of ether oxygens (including phenoxy) is 3. The molecule has 2 aromatic rings. The van der Waals surface area contributed by atoms with E-state index < -0.39 is 0 Å². The van der Waals surface area contributed by atoms with Crippen molar-refractivity contribution in [1.82, 2.24) is 5.32 Å². The molecule has 1 atom stereocenters. The molecule has 5 nitrogen and oxygen atoms in total. The quantitative estimate of drug-likeness (QED) is 0.887. The number of nitrogens with one attached hydrogen (secondary N) is 1. The summed E-state index contributed by atoms with van der Waals surface area (Å²) in [6.45, 7) is 1.67. The lowest BCUT2D eigenvalue weighted by Gasteiger charge is -2.26. The molecule has 130 valence electrons. The van der Waals surface area contributed by atoms with Gasteiger partial charge in [-0.25, -0.2) is 0 Å². The average molecular weight is 360 g/mol. The van der Waals surface area contributed by atoms with E-state index in [9.17, 15) is 4.79 Å². The number of halogens is 1. The maximum absolute atomic E-state index is 12.7. The van der Waals surface area contributed by atoms with Gasteiger partial charge in [0.25, 0.3) is 5.91 Å². The maximum atomic E-state index is 12.7. The Morgan fingerprint density at radius 1 is 1.04 bits per heavy atom. The highest BCUT2D eigenvalue weighted by Gasteiger charge is 2.24. The molecular formula is C19H18ClNO4. The fourth-order valence-electron chi connectivity index (χ4n) is 3.10. The second-order valence-corrected chi connectivity index (χ2v) is 6.44. The molecule has 2 aliphatic heterocycles. The minimum absolute atomic E-state index is 0.0906. The second kappa shape index (κ2) is 6.84. The Morgan fingerprint density at radius 2 is 1.84 bits per heavy atom. The van der Waals surface area contributed by atoms with Crippen LogP contribution in [-0.4, -0.2) is 25.7 Å². The number of hydrogen-bond donors (Lipinski definition) is 1. The van der Waals surface area contributed by atoms with E-state index in [1.807, 2.05) is 24.3 Å². The number of amides is 1. The van der Waals surface area contributed by atoms with Crippen molar-refractivity contribution in [2.45, 2.75) is 18.9 Å². The van der Waals surface area contributed by atoms with E-state index in [1.165, 1.54) is 0 Å². The van der Waals surface area contributed by atoms with E-state index >= 15 is 0 Å². The number of fused-ring (bicyclic) bond motifs is 2. The number of para-hydroxylation sites is 1. The Labute approximate surface area is 150 Å². The summed E-state index contributed by atoms with van der Waals surface area (Å²) in [7, 11) is 0. The van der Waals surface area contributed by atoms with Gasteiger partial charge in [0.1, 0.15) is 5.75 Å². The van der Waals surface area contributed by atoms with E-state index in [2.05, 4.69) is 5.32 Å². The van der Waals surface area contributed by atoms with Crippen LogP contribution in [0.25, 0.3) is 0 Å². The van der Waals surface area contributed by atoms with Crippen molar-refractivity contribution in [2.24, 2.45) is 0 Å². The molecule has 0 saturated heterocycles. The molecule has 0 saturated carbocycles. The molecule has 2 aromatic carbocycles. The summed E-state index contributed by atoms with van der Waals surface area (Å²) in [5.74, 6) is 1.64. The molecule has 2 aliphatic rings. The van der Waals surface area contributed by atoms with Crippen LogP contribution in [0.15, 0.2) is 36.4 Å². The van der Waals surface area contributed by atoms with Crippen molar-refractivity contribution >= 4 is 17.5 Å². The summed E-state index contributed by atoms with van der Waals surface area (Å²) in [6.07, 6.45) is 1.51. The molecule has 0 bridgehead atoms. The molecule has 0 unspecified atom stereocenters. The highest BCUT2D eigenvalue weighted by atomic mass is 35.5. The molecule has 0 fully saturated rings. The van der Waals surface area contributed by atoms with Crippen LogP contribution < -0.4 is 19.5 Å². The Hall–Kier alpha value is -2.40. The normalized spacial score (nSPS) is 18.5. The topological polar surface area (TPSA) is 56.8 Å². The third-order valence-electron chi connectivity index (χ3n) is 4.33. The predicted molar refractivity (Wildman–Crippen MR) is 93.8 cm³/mol. The molecule has 0 aliphatic carbocycles. The summed E-state index contributed by atoms with van der Waals surface area (Å²) in [6, 6.07) is 11.0. The van der Waals surface area contributed by atoms with Crippen LogP contribution in [0.1, 0.15) is 34.8 Å². The fourth-order valence-corrected chi connectivity index (χ4v) is 3.36. The molecule has 4 rings (SSSR count). The van der Waals surface area contributed by atoms with E-state index in [1.54, 1.807) is 12.1 Å². The van der Waals surface area contributed by atoms with Crippen molar-refractivity contribution < 1.29 is 19.0 Å². The van der Waals surface area contributed by atoms with Gasteiger partial charge >= 0.3 is 0 Å². The van der Waals surface area contributed by atoms with Gasteiger partial charge in [-0.3, -0.25) is 4.79 Å². The largest absolute Gasteiger partial charge is 0.493 e. The summed E-state index contributed by atoms with van der Waals surface area (Å²) in [5.41, 5.74) is 1.45. The first-order chi connectivity index (χ1) is 12.2. The summed E-state index contributed by atoms with van der Waals surface area (Å²) < 4.78 is 16.9. The molecule has 0 aromatic heterocycles. The molecule has 0 spiro atoms. The molecule has 1 N–H and O–H groups in total. The first-order valence-electron chi connectivity index (χ1n) is 8.34. The van der Waals surface area contributed by atoms with Crippen LogP contribution in [0.2, 0.25) is 5.02 Å². The monoisotopic (exact) mass is 359 g/mol. The third kappa shape index (κ3) is 3.24. The van der Waals surface area contributed by atoms with Crippen molar-refractivity contribution in [3.05, 3.63) is 52.5 Å². The Balaban J connectivity index is 1.58. The number of carbonyl (C=O) groups is 1. The van der Waals surface area contributed by atoms with Crippen LogP contribution >= 0.6 is 11.6 Å². The Kier molecular flexibility index (Phi) is 4.40. The Bertz CT molecular complexity index is 808. The van der Waals surface area contributed by atoms with Gasteiger partial charge in [-0.05, 0) is 18.2 Å². The van der Waals surface area contributed by atoms with Gasteiger partial charge in [-0.15, -0.1) is 0 Å². The highest BCUT2D eigenvalue weighted by Crippen LogP contribution is 2.38. The smallest absolute Gasteiger partial charge is 0.251 e. The summed E-state index contributed by atoms with van der Waals surface area (Å²) in [4.78, 5) is 12.7. The predicted octanol–water partition coefficient (Wildman–Crippen LogP) is 3.75. The average Bonchev–Trinajstić information content (AvgIpc) is 2.88.